The van der Waals surface area contributed by atoms with Gasteiger partial charge < -0.3 is 9.72 Å². The summed E-state index contributed by atoms with van der Waals surface area (Å²) in [6, 6.07) is 28.0. The lowest BCUT2D eigenvalue weighted by molar-refractivity contribution is -0.274. The summed E-state index contributed by atoms with van der Waals surface area (Å²) in [7, 11) is 0. The molecule has 0 spiro atoms. The van der Waals surface area contributed by atoms with Crippen molar-refractivity contribution in [2.45, 2.75) is 12.4 Å². The number of benzene rings is 4. The number of amides is 1. The van der Waals surface area contributed by atoms with Crippen LogP contribution in [-0.2, 0) is 0 Å². The van der Waals surface area contributed by atoms with Gasteiger partial charge in [-0.2, -0.15) is 0 Å². The van der Waals surface area contributed by atoms with Gasteiger partial charge in [0.15, 0.2) is 0 Å². The Bertz CT molecular complexity index is 1610. The van der Waals surface area contributed by atoms with Crippen molar-refractivity contribution in [3.05, 3.63) is 120 Å². The minimum atomic E-state index is -4.86. The molecule has 1 atom stereocenters. The van der Waals surface area contributed by atoms with Crippen molar-refractivity contribution in [1.29, 1.82) is 0 Å². The van der Waals surface area contributed by atoms with Gasteiger partial charge in [0.25, 0.3) is 5.91 Å². The van der Waals surface area contributed by atoms with Crippen molar-refractivity contribution >= 4 is 22.5 Å². The number of para-hydroxylation sites is 2. The van der Waals surface area contributed by atoms with Gasteiger partial charge in [-0.05, 0) is 41.5 Å². The molecular weight excluding hydrogens is 465 g/mol. The molecule has 0 fully saturated rings. The first-order chi connectivity index (χ1) is 17.4. The Morgan fingerprint density at radius 2 is 1.53 bits per heavy atom. The first-order valence-electron chi connectivity index (χ1n) is 11.3. The highest BCUT2D eigenvalue weighted by atomic mass is 19.4. The quantitative estimate of drug-likeness (QED) is 0.289. The van der Waals surface area contributed by atoms with Crippen molar-refractivity contribution in [2.24, 2.45) is 0 Å². The van der Waals surface area contributed by atoms with Crippen LogP contribution in [0.4, 0.5) is 18.9 Å². The molecule has 0 radical (unpaired) electrons. The van der Waals surface area contributed by atoms with Crippen molar-refractivity contribution in [2.75, 3.05) is 4.90 Å². The molecular formula is C29H19F3N2O2. The number of hydrogen-bond donors (Lipinski definition) is 1. The van der Waals surface area contributed by atoms with Crippen molar-refractivity contribution in [1.82, 2.24) is 4.98 Å². The number of nitrogens with zero attached hydrogens (tertiary/aromatic N) is 1. The van der Waals surface area contributed by atoms with Gasteiger partial charge in [-0.1, -0.05) is 66.7 Å². The van der Waals surface area contributed by atoms with Crippen molar-refractivity contribution in [3.8, 4) is 16.9 Å². The molecule has 36 heavy (non-hydrogen) atoms. The molecule has 4 nitrogen and oxygen atoms in total. The number of alkyl halides is 3. The molecule has 1 aliphatic rings. The first kappa shape index (κ1) is 22.0. The third-order valence-electron chi connectivity index (χ3n) is 6.42. The number of anilines is 1. The number of H-pyrrole nitrogens is 1. The van der Waals surface area contributed by atoms with E-state index in [-0.39, 0.29) is 5.56 Å². The van der Waals surface area contributed by atoms with E-state index < -0.39 is 24.1 Å². The van der Waals surface area contributed by atoms with Crippen LogP contribution in [0, 0.1) is 0 Å². The second-order valence-electron chi connectivity index (χ2n) is 8.55. The zero-order valence-electron chi connectivity index (χ0n) is 18.8. The average molecular weight is 484 g/mol. The summed E-state index contributed by atoms with van der Waals surface area (Å²) < 4.78 is 42.7. The van der Waals surface area contributed by atoms with Crippen molar-refractivity contribution in [3.63, 3.8) is 0 Å². The van der Waals surface area contributed by atoms with Crippen LogP contribution in [0.2, 0.25) is 0 Å². The molecule has 0 bridgehead atoms. The largest absolute Gasteiger partial charge is 0.573 e. The predicted octanol–water partition coefficient (Wildman–Crippen LogP) is 7.48. The van der Waals surface area contributed by atoms with Gasteiger partial charge in [0, 0.05) is 33.8 Å². The molecule has 0 saturated carbocycles. The number of ether oxygens (including phenoxy) is 1. The van der Waals surface area contributed by atoms with Gasteiger partial charge in [-0.3, -0.25) is 9.69 Å². The fourth-order valence-corrected chi connectivity index (χ4v) is 4.99. The van der Waals surface area contributed by atoms with Crippen LogP contribution < -0.4 is 9.64 Å². The minimum absolute atomic E-state index is 0.0933. The molecule has 1 aliphatic heterocycles. The van der Waals surface area contributed by atoms with Crippen LogP contribution in [-0.4, -0.2) is 17.3 Å². The molecule has 4 aromatic carbocycles. The molecule has 7 heteroatoms. The lowest BCUT2D eigenvalue weighted by atomic mass is 9.84. The normalized spacial score (nSPS) is 14.9. The van der Waals surface area contributed by atoms with E-state index in [9.17, 15) is 18.0 Å². The van der Waals surface area contributed by atoms with E-state index in [2.05, 4.69) is 9.72 Å². The van der Waals surface area contributed by atoms with Crippen LogP contribution in [0.3, 0.4) is 0 Å². The van der Waals surface area contributed by atoms with E-state index in [1.165, 1.54) is 18.2 Å². The molecule has 5 aromatic rings. The number of aromatic nitrogens is 1. The summed E-state index contributed by atoms with van der Waals surface area (Å²) >= 11 is 0. The van der Waals surface area contributed by atoms with Gasteiger partial charge in [0.1, 0.15) is 5.75 Å². The zero-order chi connectivity index (χ0) is 24.9. The maximum absolute atomic E-state index is 14.1. The first-order valence-corrected chi connectivity index (χ1v) is 11.3. The van der Waals surface area contributed by atoms with Crippen LogP contribution in [0.15, 0.2) is 103 Å². The maximum atomic E-state index is 14.1. The van der Waals surface area contributed by atoms with Gasteiger partial charge >= 0.3 is 6.36 Å². The van der Waals surface area contributed by atoms with E-state index >= 15 is 0 Å². The number of carbonyl (C=O) groups excluding carboxylic acids is 1. The van der Waals surface area contributed by atoms with E-state index in [1.54, 1.807) is 4.90 Å². The topological polar surface area (TPSA) is 45.3 Å². The summed E-state index contributed by atoms with van der Waals surface area (Å²) in [5.41, 5.74) is 5.40. The molecule has 1 amide bonds. The number of nitrogens with one attached hydrogen (secondary N) is 1. The molecule has 0 aliphatic carbocycles. The van der Waals surface area contributed by atoms with Crippen LogP contribution >= 0.6 is 0 Å². The Labute approximate surface area is 204 Å². The molecule has 1 unspecified atom stereocenters. The summed E-state index contributed by atoms with van der Waals surface area (Å²) in [4.78, 5) is 19.1. The van der Waals surface area contributed by atoms with E-state index in [0.717, 1.165) is 39.2 Å². The molecule has 6 rings (SSSR count). The monoisotopic (exact) mass is 484 g/mol. The highest BCUT2D eigenvalue weighted by molar-refractivity contribution is 6.11. The molecule has 0 saturated heterocycles. The van der Waals surface area contributed by atoms with Gasteiger partial charge in [0.2, 0.25) is 0 Å². The summed E-state index contributed by atoms with van der Waals surface area (Å²) in [5.74, 6) is -0.873. The average Bonchev–Trinajstić information content (AvgIpc) is 3.30. The van der Waals surface area contributed by atoms with Gasteiger partial charge in [-0.15, -0.1) is 13.2 Å². The van der Waals surface area contributed by atoms with Gasteiger partial charge in [0.05, 0.1) is 11.7 Å². The SMILES string of the molecule is O=C(c1cccc(OC(F)(F)F)c1)N1c2ccccc2-c2ccccc2C1c1c[nH]c2ccccc12. The lowest BCUT2D eigenvalue weighted by Gasteiger charge is -2.39. The minimum Gasteiger partial charge on any atom is -0.406 e. The van der Waals surface area contributed by atoms with Crippen LogP contribution in [0.25, 0.3) is 22.0 Å². The second kappa shape index (κ2) is 8.30. The van der Waals surface area contributed by atoms with E-state index in [4.69, 9.17) is 0 Å². The molecule has 2 heterocycles. The number of fused-ring (bicyclic) bond motifs is 4. The number of rotatable bonds is 3. The predicted molar refractivity (Wildman–Crippen MR) is 132 cm³/mol. The smallest absolute Gasteiger partial charge is 0.406 e. The molecule has 1 N–H and O–H groups in total. The van der Waals surface area contributed by atoms with Crippen LogP contribution in [0.5, 0.6) is 5.75 Å². The van der Waals surface area contributed by atoms with Gasteiger partial charge in [-0.25, -0.2) is 0 Å². The maximum Gasteiger partial charge on any atom is 0.573 e. The fourth-order valence-electron chi connectivity index (χ4n) is 4.99. The highest BCUT2D eigenvalue weighted by Gasteiger charge is 2.38. The number of carbonyl (C=O) groups is 1. The standard InChI is InChI=1S/C29H19F3N2O2/c30-29(31,32)36-19-9-7-8-18(16-19)28(35)34-26-15-6-4-12-22(26)20-10-1-2-13-23(20)27(34)24-17-33-25-14-5-3-11-21(24)25/h1-17,27,33H. The summed E-state index contributed by atoms with van der Waals surface area (Å²) in [6.45, 7) is 0. The molecule has 1 aromatic heterocycles. The Kier molecular flexibility index (Phi) is 5.07. The Morgan fingerprint density at radius 1 is 0.806 bits per heavy atom. The molecule has 178 valence electrons. The number of hydrogen-bond acceptors (Lipinski definition) is 2. The highest BCUT2D eigenvalue weighted by Crippen LogP contribution is 2.49. The Hall–Kier alpha value is -4.52. The summed E-state index contributed by atoms with van der Waals surface area (Å²) in [6.07, 6.45) is -2.96. The Balaban J connectivity index is 1.56. The Morgan fingerprint density at radius 3 is 2.36 bits per heavy atom. The van der Waals surface area contributed by atoms with Crippen molar-refractivity contribution < 1.29 is 22.7 Å². The number of halogens is 3. The van der Waals surface area contributed by atoms with Crippen LogP contribution in [0.1, 0.15) is 27.5 Å². The third kappa shape index (κ3) is 3.69. The fraction of sp³-hybridized carbons (Fsp3) is 0.0690. The lowest BCUT2D eigenvalue weighted by Crippen LogP contribution is -2.38. The van der Waals surface area contributed by atoms with E-state index in [0.29, 0.717) is 5.69 Å². The second-order valence-corrected chi connectivity index (χ2v) is 8.55. The summed E-state index contributed by atoms with van der Waals surface area (Å²) in [5, 5.41) is 0.962. The van der Waals surface area contributed by atoms with E-state index in [1.807, 2.05) is 79.0 Å². The zero-order valence-corrected chi connectivity index (χ0v) is 18.8. The number of aromatic amines is 1. The third-order valence-corrected chi connectivity index (χ3v) is 6.42.